The second-order valence-corrected chi connectivity index (χ2v) is 6.43. The predicted molar refractivity (Wildman–Crippen MR) is 75.2 cm³/mol. The molecule has 0 amide bonds. The van der Waals surface area contributed by atoms with Crippen molar-refractivity contribution in [3.05, 3.63) is 29.8 Å². The molecule has 3 heteroatoms. The van der Waals surface area contributed by atoms with Gasteiger partial charge in [0.1, 0.15) is 0 Å². The van der Waals surface area contributed by atoms with E-state index in [4.69, 9.17) is 0 Å². The van der Waals surface area contributed by atoms with Crippen molar-refractivity contribution in [2.45, 2.75) is 44.4 Å². The highest BCUT2D eigenvalue weighted by Gasteiger charge is 2.11. The molecule has 0 aliphatic rings. The lowest BCUT2D eigenvalue weighted by Crippen LogP contribution is -2.03. The SMILES string of the molecule is CCCC#CCCc1cccc(S(=O)(=O)CC)c1. The van der Waals surface area contributed by atoms with E-state index in [1.807, 2.05) is 6.07 Å². The van der Waals surface area contributed by atoms with E-state index in [1.165, 1.54) is 0 Å². The van der Waals surface area contributed by atoms with Gasteiger partial charge in [0, 0.05) is 12.8 Å². The Kier molecular flexibility index (Phi) is 5.94. The third-order valence-electron chi connectivity index (χ3n) is 2.68. The summed E-state index contributed by atoms with van der Waals surface area (Å²) in [7, 11) is -3.10. The molecule has 0 aromatic heterocycles. The van der Waals surface area contributed by atoms with Crippen LogP contribution in [-0.4, -0.2) is 14.2 Å². The van der Waals surface area contributed by atoms with Crippen LogP contribution in [-0.2, 0) is 16.3 Å². The summed E-state index contributed by atoms with van der Waals surface area (Å²) in [5.41, 5.74) is 1.04. The Hall–Kier alpha value is -1.27. The normalized spacial score (nSPS) is 10.8. The first-order valence-corrected chi connectivity index (χ1v) is 8.02. The first-order chi connectivity index (χ1) is 8.60. The minimum Gasteiger partial charge on any atom is -0.224 e. The van der Waals surface area contributed by atoms with Crippen LogP contribution >= 0.6 is 0 Å². The van der Waals surface area contributed by atoms with Gasteiger partial charge in [-0.15, -0.1) is 11.8 Å². The van der Waals surface area contributed by atoms with E-state index in [0.29, 0.717) is 4.90 Å². The van der Waals surface area contributed by atoms with E-state index < -0.39 is 9.84 Å². The van der Waals surface area contributed by atoms with Gasteiger partial charge < -0.3 is 0 Å². The summed E-state index contributed by atoms with van der Waals surface area (Å²) in [5.74, 6) is 6.35. The van der Waals surface area contributed by atoms with Gasteiger partial charge in [0.25, 0.3) is 0 Å². The van der Waals surface area contributed by atoms with Crippen LogP contribution in [0.5, 0.6) is 0 Å². The topological polar surface area (TPSA) is 34.1 Å². The van der Waals surface area contributed by atoms with E-state index in [1.54, 1.807) is 25.1 Å². The maximum atomic E-state index is 11.7. The molecule has 0 heterocycles. The number of rotatable bonds is 5. The number of sulfone groups is 1. The summed E-state index contributed by atoms with van der Waals surface area (Å²) in [4.78, 5) is 0.420. The van der Waals surface area contributed by atoms with Gasteiger partial charge in [-0.3, -0.25) is 0 Å². The highest BCUT2D eigenvalue weighted by molar-refractivity contribution is 7.91. The van der Waals surface area contributed by atoms with Gasteiger partial charge in [0.05, 0.1) is 10.6 Å². The van der Waals surface area contributed by atoms with E-state index in [-0.39, 0.29) is 5.75 Å². The Morgan fingerprint density at radius 2 is 1.83 bits per heavy atom. The maximum absolute atomic E-state index is 11.7. The van der Waals surface area contributed by atoms with Crippen molar-refractivity contribution in [1.82, 2.24) is 0 Å². The van der Waals surface area contributed by atoms with E-state index in [2.05, 4.69) is 18.8 Å². The average Bonchev–Trinajstić information content (AvgIpc) is 2.39. The van der Waals surface area contributed by atoms with E-state index >= 15 is 0 Å². The lowest BCUT2D eigenvalue weighted by Gasteiger charge is -2.03. The van der Waals surface area contributed by atoms with Gasteiger partial charge in [0.15, 0.2) is 9.84 Å². The molecule has 0 unspecified atom stereocenters. The predicted octanol–water partition coefficient (Wildman–Crippen LogP) is 3.22. The number of hydrogen-bond acceptors (Lipinski definition) is 2. The van der Waals surface area contributed by atoms with Crippen LogP contribution in [0.2, 0.25) is 0 Å². The quantitative estimate of drug-likeness (QED) is 0.765. The van der Waals surface area contributed by atoms with Gasteiger partial charge in [-0.1, -0.05) is 26.0 Å². The minimum absolute atomic E-state index is 0.146. The van der Waals surface area contributed by atoms with Gasteiger partial charge in [-0.2, -0.15) is 0 Å². The smallest absolute Gasteiger partial charge is 0.178 e. The fraction of sp³-hybridized carbons (Fsp3) is 0.467. The largest absolute Gasteiger partial charge is 0.224 e. The molecule has 2 nitrogen and oxygen atoms in total. The molecule has 0 aliphatic heterocycles. The van der Waals surface area contributed by atoms with Crippen molar-refractivity contribution in [1.29, 1.82) is 0 Å². The van der Waals surface area contributed by atoms with Crippen LogP contribution in [0, 0.1) is 11.8 Å². The molecule has 0 bridgehead atoms. The summed E-state index contributed by atoms with van der Waals surface area (Å²) < 4.78 is 23.5. The number of aryl methyl sites for hydroxylation is 1. The number of benzene rings is 1. The Balaban J connectivity index is 2.70. The summed E-state index contributed by atoms with van der Waals surface area (Å²) in [6.07, 6.45) is 3.61. The molecule has 0 N–H and O–H groups in total. The summed E-state index contributed by atoms with van der Waals surface area (Å²) in [6, 6.07) is 7.18. The van der Waals surface area contributed by atoms with E-state index in [9.17, 15) is 8.42 Å². The molecule has 98 valence electrons. The van der Waals surface area contributed by atoms with Crippen molar-refractivity contribution >= 4 is 9.84 Å². The summed E-state index contributed by atoms with van der Waals surface area (Å²) >= 11 is 0. The van der Waals surface area contributed by atoms with Crippen molar-refractivity contribution < 1.29 is 8.42 Å². The highest BCUT2D eigenvalue weighted by atomic mass is 32.2. The molecule has 0 aliphatic carbocycles. The monoisotopic (exact) mass is 264 g/mol. The Bertz CT molecular complexity index is 533. The molecular weight excluding hydrogens is 244 g/mol. The highest BCUT2D eigenvalue weighted by Crippen LogP contribution is 2.14. The Labute approximate surface area is 110 Å². The van der Waals surface area contributed by atoms with Gasteiger partial charge >= 0.3 is 0 Å². The molecule has 18 heavy (non-hydrogen) atoms. The zero-order chi connectivity index (χ0) is 13.4. The lowest BCUT2D eigenvalue weighted by atomic mass is 10.1. The lowest BCUT2D eigenvalue weighted by molar-refractivity contribution is 0.597. The van der Waals surface area contributed by atoms with Crippen LogP contribution < -0.4 is 0 Å². The molecule has 1 aromatic carbocycles. The second-order valence-electron chi connectivity index (χ2n) is 4.15. The molecule has 1 aromatic rings. The third-order valence-corrected chi connectivity index (χ3v) is 4.41. The van der Waals surface area contributed by atoms with Crippen LogP contribution in [0.3, 0.4) is 0 Å². The fourth-order valence-corrected chi connectivity index (χ4v) is 2.52. The maximum Gasteiger partial charge on any atom is 0.178 e. The van der Waals surface area contributed by atoms with Crippen molar-refractivity contribution in [2.75, 3.05) is 5.75 Å². The molecule has 1 rings (SSSR count). The molecule has 0 spiro atoms. The van der Waals surface area contributed by atoms with Crippen molar-refractivity contribution in [3.8, 4) is 11.8 Å². The van der Waals surface area contributed by atoms with E-state index in [0.717, 1.165) is 31.2 Å². The molecular formula is C15H20O2S. The van der Waals surface area contributed by atoms with Gasteiger partial charge in [-0.25, -0.2) is 8.42 Å². The number of hydrogen-bond donors (Lipinski definition) is 0. The Morgan fingerprint density at radius 3 is 2.50 bits per heavy atom. The molecule has 0 atom stereocenters. The van der Waals surface area contributed by atoms with Gasteiger partial charge in [0.2, 0.25) is 0 Å². The van der Waals surface area contributed by atoms with Crippen LogP contribution in [0.4, 0.5) is 0 Å². The Morgan fingerprint density at radius 1 is 1.11 bits per heavy atom. The standard InChI is InChI=1S/C15H20O2S/c1-3-5-6-7-8-10-14-11-9-12-15(13-14)18(16,17)4-2/h9,11-13H,3-5,8,10H2,1-2H3. The summed E-state index contributed by atoms with van der Waals surface area (Å²) in [5, 5.41) is 0. The average molecular weight is 264 g/mol. The zero-order valence-electron chi connectivity index (χ0n) is 11.1. The molecule has 0 fully saturated rings. The number of unbranched alkanes of at least 4 members (excludes halogenated alkanes) is 1. The van der Waals surface area contributed by atoms with Crippen molar-refractivity contribution in [2.24, 2.45) is 0 Å². The van der Waals surface area contributed by atoms with Crippen LogP contribution in [0.15, 0.2) is 29.2 Å². The first kappa shape index (κ1) is 14.8. The second kappa shape index (κ2) is 7.23. The van der Waals surface area contributed by atoms with Crippen LogP contribution in [0.1, 0.15) is 38.7 Å². The molecule has 0 saturated carbocycles. The minimum atomic E-state index is -3.10. The fourth-order valence-electron chi connectivity index (χ4n) is 1.57. The van der Waals surface area contributed by atoms with Crippen molar-refractivity contribution in [3.63, 3.8) is 0 Å². The molecule has 0 saturated heterocycles. The summed E-state index contributed by atoms with van der Waals surface area (Å²) in [6.45, 7) is 3.77. The first-order valence-electron chi connectivity index (χ1n) is 6.37. The van der Waals surface area contributed by atoms with Crippen LogP contribution in [0.25, 0.3) is 0 Å². The molecule has 0 radical (unpaired) electrons. The third kappa shape index (κ3) is 4.54. The zero-order valence-corrected chi connectivity index (χ0v) is 11.9. The van der Waals surface area contributed by atoms with Gasteiger partial charge in [-0.05, 0) is 30.5 Å².